The van der Waals surface area contributed by atoms with E-state index in [-0.39, 0.29) is 18.2 Å². The van der Waals surface area contributed by atoms with Crippen molar-refractivity contribution in [2.24, 2.45) is 5.92 Å². The van der Waals surface area contributed by atoms with Gasteiger partial charge in [0.15, 0.2) is 0 Å². The van der Waals surface area contributed by atoms with Gasteiger partial charge in [0.1, 0.15) is 0 Å². The number of hydrogen-bond acceptors (Lipinski definition) is 2. The van der Waals surface area contributed by atoms with Crippen LogP contribution in [0.1, 0.15) is 18.9 Å². The molecule has 0 saturated carbocycles. The van der Waals surface area contributed by atoms with Gasteiger partial charge in [0.2, 0.25) is 5.91 Å². The molecule has 0 aliphatic carbocycles. The SMILES string of the molecule is CNC(=O)C(=CC(C)Cc1ccccc1)CC(=O)O. The second-order valence-electron chi connectivity index (χ2n) is 4.51. The van der Waals surface area contributed by atoms with Crippen molar-refractivity contribution >= 4 is 11.9 Å². The lowest BCUT2D eigenvalue weighted by Crippen LogP contribution is -2.22. The first kappa shape index (κ1) is 15.0. The minimum atomic E-state index is -0.998. The van der Waals surface area contributed by atoms with E-state index < -0.39 is 5.97 Å². The molecule has 0 aliphatic heterocycles. The van der Waals surface area contributed by atoms with Crippen molar-refractivity contribution < 1.29 is 14.7 Å². The molecule has 0 fully saturated rings. The Kier molecular flexibility index (Phi) is 5.79. The number of benzene rings is 1. The first-order valence-corrected chi connectivity index (χ1v) is 6.21. The Morgan fingerprint density at radius 2 is 1.95 bits per heavy atom. The Bertz CT molecular complexity index is 466. The van der Waals surface area contributed by atoms with Crippen LogP contribution in [0, 0.1) is 5.92 Å². The van der Waals surface area contributed by atoms with Crippen molar-refractivity contribution in [1.29, 1.82) is 0 Å². The normalized spacial score (nSPS) is 12.8. The van der Waals surface area contributed by atoms with Gasteiger partial charge in [-0.25, -0.2) is 0 Å². The number of carbonyl (C=O) groups excluding carboxylic acids is 1. The number of aliphatic carboxylic acids is 1. The number of amides is 1. The maximum atomic E-state index is 11.6. The zero-order valence-corrected chi connectivity index (χ0v) is 11.2. The molecule has 1 amide bonds. The molecule has 4 heteroatoms. The number of allylic oxidation sites excluding steroid dienone is 1. The Hall–Kier alpha value is -2.10. The van der Waals surface area contributed by atoms with Gasteiger partial charge in [0.05, 0.1) is 6.42 Å². The summed E-state index contributed by atoms with van der Waals surface area (Å²) in [5, 5.41) is 11.3. The highest BCUT2D eigenvalue weighted by Crippen LogP contribution is 2.13. The van der Waals surface area contributed by atoms with E-state index in [1.54, 1.807) is 6.08 Å². The molecular formula is C15H19NO3. The van der Waals surface area contributed by atoms with Crippen molar-refractivity contribution in [3.8, 4) is 0 Å². The van der Waals surface area contributed by atoms with E-state index in [0.29, 0.717) is 5.57 Å². The van der Waals surface area contributed by atoms with Gasteiger partial charge in [-0.05, 0) is 17.9 Å². The molecule has 0 aliphatic rings. The zero-order valence-electron chi connectivity index (χ0n) is 11.2. The summed E-state index contributed by atoms with van der Waals surface area (Å²) in [5.41, 5.74) is 1.47. The highest BCUT2D eigenvalue weighted by molar-refractivity contribution is 5.97. The van der Waals surface area contributed by atoms with E-state index in [1.165, 1.54) is 7.05 Å². The van der Waals surface area contributed by atoms with Gasteiger partial charge >= 0.3 is 5.97 Å². The van der Waals surface area contributed by atoms with Gasteiger partial charge in [0.25, 0.3) is 0 Å². The summed E-state index contributed by atoms with van der Waals surface area (Å²) in [6.45, 7) is 1.97. The van der Waals surface area contributed by atoms with Crippen LogP contribution in [0.4, 0.5) is 0 Å². The van der Waals surface area contributed by atoms with Gasteiger partial charge in [-0.3, -0.25) is 9.59 Å². The molecule has 0 spiro atoms. The van der Waals surface area contributed by atoms with Crippen molar-refractivity contribution in [2.75, 3.05) is 7.05 Å². The lowest BCUT2D eigenvalue weighted by Gasteiger charge is -2.10. The molecule has 4 nitrogen and oxygen atoms in total. The van der Waals surface area contributed by atoms with Crippen molar-refractivity contribution in [3.05, 3.63) is 47.5 Å². The number of carboxylic acids is 1. The van der Waals surface area contributed by atoms with Crippen LogP contribution >= 0.6 is 0 Å². The van der Waals surface area contributed by atoms with E-state index in [4.69, 9.17) is 5.11 Å². The van der Waals surface area contributed by atoms with E-state index >= 15 is 0 Å². The molecule has 1 aromatic rings. The molecule has 0 bridgehead atoms. The standard InChI is InChI=1S/C15H19NO3/c1-11(8-12-6-4-3-5-7-12)9-13(10-14(17)18)15(19)16-2/h3-7,9,11H,8,10H2,1-2H3,(H,16,19)(H,17,18). The maximum absolute atomic E-state index is 11.6. The summed E-state index contributed by atoms with van der Waals surface area (Å²) in [5.74, 6) is -1.22. The summed E-state index contributed by atoms with van der Waals surface area (Å²) >= 11 is 0. The Morgan fingerprint density at radius 3 is 2.47 bits per heavy atom. The Labute approximate surface area is 113 Å². The van der Waals surface area contributed by atoms with Crippen molar-refractivity contribution in [2.45, 2.75) is 19.8 Å². The molecule has 1 unspecified atom stereocenters. The van der Waals surface area contributed by atoms with E-state index in [1.807, 2.05) is 37.3 Å². The second kappa shape index (κ2) is 7.36. The summed E-state index contributed by atoms with van der Waals surface area (Å²) in [7, 11) is 1.50. The smallest absolute Gasteiger partial charge is 0.308 e. The number of rotatable bonds is 6. The maximum Gasteiger partial charge on any atom is 0.308 e. The van der Waals surface area contributed by atoms with Crippen molar-refractivity contribution in [1.82, 2.24) is 5.32 Å². The molecule has 0 aromatic heterocycles. The molecule has 102 valence electrons. The Morgan fingerprint density at radius 1 is 1.32 bits per heavy atom. The molecule has 19 heavy (non-hydrogen) atoms. The topological polar surface area (TPSA) is 66.4 Å². The number of carboxylic acid groups (broad SMARTS) is 1. The molecule has 1 aromatic carbocycles. The molecule has 0 heterocycles. The number of carbonyl (C=O) groups is 2. The lowest BCUT2D eigenvalue weighted by atomic mass is 9.97. The number of nitrogens with one attached hydrogen (secondary N) is 1. The molecular weight excluding hydrogens is 242 g/mol. The van der Waals surface area contributed by atoms with Crippen LogP contribution in [0.25, 0.3) is 0 Å². The largest absolute Gasteiger partial charge is 0.481 e. The highest BCUT2D eigenvalue weighted by atomic mass is 16.4. The van der Waals surface area contributed by atoms with Crippen LogP contribution in [0.3, 0.4) is 0 Å². The van der Waals surface area contributed by atoms with E-state index in [2.05, 4.69) is 5.32 Å². The fraction of sp³-hybridized carbons (Fsp3) is 0.333. The summed E-state index contributed by atoms with van der Waals surface area (Å²) in [6, 6.07) is 9.90. The van der Waals surface area contributed by atoms with Gasteiger partial charge in [-0.1, -0.05) is 43.3 Å². The van der Waals surface area contributed by atoms with Crippen LogP contribution in [0.2, 0.25) is 0 Å². The van der Waals surface area contributed by atoms with Crippen LogP contribution in [-0.4, -0.2) is 24.0 Å². The quantitative estimate of drug-likeness (QED) is 0.770. The number of likely N-dealkylation sites (N-methyl/N-ethyl adjacent to an activating group) is 1. The Balaban J connectivity index is 2.77. The lowest BCUT2D eigenvalue weighted by molar-refractivity contribution is -0.137. The minimum absolute atomic E-state index is 0.106. The minimum Gasteiger partial charge on any atom is -0.481 e. The predicted molar refractivity (Wildman–Crippen MR) is 73.7 cm³/mol. The summed E-state index contributed by atoms with van der Waals surface area (Å²) in [6.07, 6.45) is 2.26. The van der Waals surface area contributed by atoms with Gasteiger partial charge in [0, 0.05) is 12.6 Å². The fourth-order valence-electron chi connectivity index (χ4n) is 1.93. The molecule has 2 N–H and O–H groups in total. The van der Waals surface area contributed by atoms with E-state index in [9.17, 15) is 9.59 Å². The van der Waals surface area contributed by atoms with Gasteiger partial charge in [-0.2, -0.15) is 0 Å². The van der Waals surface area contributed by atoms with Crippen LogP contribution in [0.15, 0.2) is 42.0 Å². The average molecular weight is 261 g/mol. The van der Waals surface area contributed by atoms with Crippen LogP contribution in [0.5, 0.6) is 0 Å². The monoisotopic (exact) mass is 261 g/mol. The first-order chi connectivity index (χ1) is 9.02. The highest BCUT2D eigenvalue weighted by Gasteiger charge is 2.13. The van der Waals surface area contributed by atoms with Crippen LogP contribution < -0.4 is 5.32 Å². The molecule has 0 saturated heterocycles. The summed E-state index contributed by atoms with van der Waals surface area (Å²) < 4.78 is 0. The van der Waals surface area contributed by atoms with E-state index in [0.717, 1.165) is 12.0 Å². The summed E-state index contributed by atoms with van der Waals surface area (Å²) in [4.78, 5) is 22.3. The third-order valence-corrected chi connectivity index (χ3v) is 2.75. The zero-order chi connectivity index (χ0) is 14.3. The van der Waals surface area contributed by atoms with Crippen molar-refractivity contribution in [3.63, 3.8) is 0 Å². The molecule has 1 rings (SSSR count). The molecule has 0 radical (unpaired) electrons. The average Bonchev–Trinajstić information content (AvgIpc) is 2.37. The first-order valence-electron chi connectivity index (χ1n) is 6.21. The van der Waals surface area contributed by atoms with Gasteiger partial charge in [-0.15, -0.1) is 0 Å². The third kappa shape index (κ3) is 5.38. The van der Waals surface area contributed by atoms with Gasteiger partial charge < -0.3 is 10.4 Å². The third-order valence-electron chi connectivity index (χ3n) is 2.75. The second-order valence-corrected chi connectivity index (χ2v) is 4.51. The van der Waals surface area contributed by atoms with Crippen LogP contribution in [-0.2, 0) is 16.0 Å². The predicted octanol–water partition coefficient (Wildman–Crippen LogP) is 2.01. The number of hydrogen-bond donors (Lipinski definition) is 2. The fourth-order valence-corrected chi connectivity index (χ4v) is 1.93. The molecule has 1 atom stereocenters.